The van der Waals surface area contributed by atoms with E-state index in [-0.39, 0.29) is 11.1 Å². The minimum atomic E-state index is -0.253. The Bertz CT molecular complexity index is 533. The summed E-state index contributed by atoms with van der Waals surface area (Å²) in [5.74, 6) is -0.253. The van der Waals surface area contributed by atoms with Gasteiger partial charge in [0.1, 0.15) is 5.82 Å². The first-order valence-corrected chi connectivity index (χ1v) is 6.49. The molecule has 2 N–H and O–H groups in total. The van der Waals surface area contributed by atoms with Crippen LogP contribution in [0.1, 0.15) is 16.5 Å². The summed E-state index contributed by atoms with van der Waals surface area (Å²) in [5, 5.41) is 0.622. The van der Waals surface area contributed by atoms with Crippen molar-refractivity contribution in [2.45, 2.75) is 17.3 Å². The van der Waals surface area contributed by atoms with Gasteiger partial charge in [0.05, 0.1) is 0 Å². The number of benzene rings is 1. The van der Waals surface area contributed by atoms with E-state index in [0.29, 0.717) is 11.7 Å². The summed E-state index contributed by atoms with van der Waals surface area (Å²) in [5.41, 5.74) is 7.50. The van der Waals surface area contributed by atoms with Crippen molar-refractivity contribution in [1.29, 1.82) is 0 Å². The summed E-state index contributed by atoms with van der Waals surface area (Å²) in [4.78, 5) is 8.49. The van der Waals surface area contributed by atoms with Crippen molar-refractivity contribution >= 4 is 11.8 Å². The van der Waals surface area contributed by atoms with E-state index in [2.05, 4.69) is 9.97 Å². The Labute approximate surface area is 110 Å². The molecule has 0 aliphatic rings. The first-order chi connectivity index (χ1) is 8.69. The molecule has 0 fully saturated rings. The van der Waals surface area contributed by atoms with E-state index < -0.39 is 0 Å². The number of rotatable bonds is 4. The molecule has 0 aliphatic heterocycles. The molecular weight excluding hydrogens is 249 g/mol. The first-order valence-electron chi connectivity index (χ1n) is 5.61. The average Bonchev–Trinajstić information content (AvgIpc) is 2.36. The van der Waals surface area contributed by atoms with Crippen molar-refractivity contribution in [3.63, 3.8) is 0 Å². The van der Waals surface area contributed by atoms with Crippen molar-refractivity contribution in [3.05, 3.63) is 53.6 Å². The van der Waals surface area contributed by atoms with E-state index in [9.17, 15) is 4.39 Å². The zero-order chi connectivity index (χ0) is 13.0. The van der Waals surface area contributed by atoms with Crippen LogP contribution >= 0.6 is 11.8 Å². The molecule has 94 valence electrons. The Balaban J connectivity index is 2.19. The fraction of sp³-hybridized carbons (Fsp3) is 0.231. The summed E-state index contributed by atoms with van der Waals surface area (Å²) < 4.78 is 13.2. The minimum Gasteiger partial charge on any atom is -0.329 e. The van der Waals surface area contributed by atoms with Crippen molar-refractivity contribution in [2.24, 2.45) is 5.73 Å². The van der Waals surface area contributed by atoms with Crippen molar-refractivity contribution in [1.82, 2.24) is 9.97 Å². The van der Waals surface area contributed by atoms with E-state index in [1.807, 2.05) is 19.1 Å². The van der Waals surface area contributed by atoms with Gasteiger partial charge in [0.2, 0.25) is 0 Å². The molecule has 18 heavy (non-hydrogen) atoms. The zero-order valence-corrected chi connectivity index (χ0v) is 10.8. The fourth-order valence-corrected chi connectivity index (χ4v) is 2.52. The van der Waals surface area contributed by atoms with Gasteiger partial charge in [0.15, 0.2) is 5.16 Å². The third-order valence-electron chi connectivity index (χ3n) is 2.45. The van der Waals surface area contributed by atoms with Crippen LogP contribution in [0.2, 0.25) is 0 Å². The Morgan fingerprint density at radius 1 is 1.39 bits per heavy atom. The van der Waals surface area contributed by atoms with Crippen molar-refractivity contribution in [2.75, 3.05) is 6.54 Å². The van der Waals surface area contributed by atoms with Gasteiger partial charge in [-0.2, -0.15) is 0 Å². The predicted molar refractivity (Wildman–Crippen MR) is 70.8 cm³/mol. The van der Waals surface area contributed by atoms with Gasteiger partial charge >= 0.3 is 0 Å². The van der Waals surface area contributed by atoms with E-state index in [4.69, 9.17) is 5.73 Å². The second-order valence-electron chi connectivity index (χ2n) is 3.88. The SMILES string of the molecule is Cc1ccnc(SC(CN)c2cccc(F)c2)n1. The summed E-state index contributed by atoms with van der Waals surface area (Å²) >= 11 is 1.45. The highest BCUT2D eigenvalue weighted by molar-refractivity contribution is 7.99. The fourth-order valence-electron chi connectivity index (χ4n) is 1.57. The van der Waals surface area contributed by atoms with Gasteiger partial charge in [0.25, 0.3) is 0 Å². The molecule has 0 saturated heterocycles. The number of hydrogen-bond acceptors (Lipinski definition) is 4. The normalized spacial score (nSPS) is 12.4. The maximum Gasteiger partial charge on any atom is 0.188 e. The molecule has 0 amide bonds. The Kier molecular flexibility index (Phi) is 4.28. The first kappa shape index (κ1) is 13.0. The number of hydrogen-bond donors (Lipinski definition) is 1. The van der Waals surface area contributed by atoms with Crippen LogP contribution in [0.4, 0.5) is 4.39 Å². The van der Waals surface area contributed by atoms with Gasteiger partial charge in [0, 0.05) is 23.7 Å². The topological polar surface area (TPSA) is 51.8 Å². The van der Waals surface area contributed by atoms with E-state index in [1.165, 1.54) is 23.9 Å². The molecule has 5 heteroatoms. The second-order valence-corrected chi connectivity index (χ2v) is 5.05. The van der Waals surface area contributed by atoms with Crippen LogP contribution in [0.25, 0.3) is 0 Å². The van der Waals surface area contributed by atoms with Crippen LogP contribution in [0, 0.1) is 12.7 Å². The molecule has 0 radical (unpaired) electrons. The van der Waals surface area contributed by atoms with Crippen LogP contribution in [0.15, 0.2) is 41.7 Å². The molecule has 0 aliphatic carbocycles. The molecule has 2 rings (SSSR count). The van der Waals surface area contributed by atoms with Gasteiger partial charge < -0.3 is 5.73 Å². The highest BCUT2D eigenvalue weighted by Crippen LogP contribution is 2.32. The van der Waals surface area contributed by atoms with Crippen molar-refractivity contribution < 1.29 is 4.39 Å². The van der Waals surface area contributed by atoms with Crippen LogP contribution in [-0.4, -0.2) is 16.5 Å². The Morgan fingerprint density at radius 3 is 2.89 bits per heavy atom. The molecule has 0 saturated carbocycles. The number of nitrogens with two attached hydrogens (primary N) is 1. The molecule has 2 aromatic rings. The average molecular weight is 263 g/mol. The molecule has 1 unspecified atom stereocenters. The van der Waals surface area contributed by atoms with Crippen LogP contribution in [-0.2, 0) is 0 Å². The lowest BCUT2D eigenvalue weighted by Gasteiger charge is -2.13. The third-order valence-corrected chi connectivity index (χ3v) is 3.61. The number of halogens is 1. The quantitative estimate of drug-likeness (QED) is 0.680. The van der Waals surface area contributed by atoms with Crippen LogP contribution < -0.4 is 5.73 Å². The van der Waals surface area contributed by atoms with E-state index >= 15 is 0 Å². The maximum atomic E-state index is 13.2. The lowest BCUT2D eigenvalue weighted by atomic mass is 10.1. The minimum absolute atomic E-state index is 0.0394. The summed E-state index contributed by atoms with van der Waals surface area (Å²) in [6.07, 6.45) is 1.71. The van der Waals surface area contributed by atoms with Crippen LogP contribution in [0.3, 0.4) is 0 Å². The standard InChI is InChI=1S/C13H14FN3S/c1-9-5-6-16-13(17-9)18-12(8-15)10-3-2-4-11(14)7-10/h2-7,12H,8,15H2,1H3. The molecule has 0 spiro atoms. The van der Waals surface area contributed by atoms with E-state index in [1.54, 1.807) is 12.3 Å². The van der Waals surface area contributed by atoms with Gasteiger partial charge in [-0.3, -0.25) is 0 Å². The third kappa shape index (κ3) is 3.27. The summed E-state index contributed by atoms with van der Waals surface area (Å²) in [6.45, 7) is 2.32. The second kappa shape index (κ2) is 5.93. The van der Waals surface area contributed by atoms with E-state index in [0.717, 1.165) is 11.3 Å². The lowest BCUT2D eigenvalue weighted by molar-refractivity contribution is 0.625. The molecule has 1 heterocycles. The molecule has 0 bridgehead atoms. The predicted octanol–water partition coefficient (Wildman–Crippen LogP) is 2.72. The number of aromatic nitrogens is 2. The largest absolute Gasteiger partial charge is 0.329 e. The number of aryl methyl sites for hydroxylation is 1. The molecule has 3 nitrogen and oxygen atoms in total. The Hall–Kier alpha value is -1.46. The monoisotopic (exact) mass is 263 g/mol. The smallest absolute Gasteiger partial charge is 0.188 e. The highest BCUT2D eigenvalue weighted by atomic mass is 32.2. The van der Waals surface area contributed by atoms with Crippen LogP contribution in [0.5, 0.6) is 0 Å². The van der Waals surface area contributed by atoms with Crippen molar-refractivity contribution in [3.8, 4) is 0 Å². The molecule has 1 aromatic carbocycles. The summed E-state index contributed by atoms with van der Waals surface area (Å²) in [6, 6.07) is 8.31. The zero-order valence-electron chi connectivity index (χ0n) is 10.0. The maximum absolute atomic E-state index is 13.2. The highest BCUT2D eigenvalue weighted by Gasteiger charge is 2.13. The number of thioether (sulfide) groups is 1. The lowest BCUT2D eigenvalue weighted by Crippen LogP contribution is -2.10. The van der Waals surface area contributed by atoms with Gasteiger partial charge in [-0.05, 0) is 30.7 Å². The Morgan fingerprint density at radius 2 is 2.22 bits per heavy atom. The van der Waals surface area contributed by atoms with Gasteiger partial charge in [-0.25, -0.2) is 14.4 Å². The van der Waals surface area contributed by atoms with Gasteiger partial charge in [-0.15, -0.1) is 0 Å². The molecule has 1 atom stereocenters. The van der Waals surface area contributed by atoms with Gasteiger partial charge in [-0.1, -0.05) is 23.9 Å². The summed E-state index contributed by atoms with van der Waals surface area (Å²) in [7, 11) is 0. The number of nitrogens with zero attached hydrogens (tertiary/aromatic N) is 2. The molecular formula is C13H14FN3S. The molecule has 1 aromatic heterocycles.